The van der Waals surface area contributed by atoms with Crippen LogP contribution in [0.5, 0.6) is 0 Å². The van der Waals surface area contributed by atoms with Crippen molar-refractivity contribution < 1.29 is 13.9 Å². The van der Waals surface area contributed by atoms with Gasteiger partial charge < -0.3 is 16.2 Å². The zero-order valence-corrected chi connectivity index (χ0v) is 12.0. The Bertz CT molecular complexity index is 459. The molecule has 4 nitrogen and oxygen atoms in total. The van der Waals surface area contributed by atoms with Gasteiger partial charge in [-0.2, -0.15) is 0 Å². The summed E-state index contributed by atoms with van der Waals surface area (Å²) in [4.78, 5) is 4.07. The van der Waals surface area contributed by atoms with Gasteiger partial charge in [-0.3, -0.25) is 0 Å². The van der Waals surface area contributed by atoms with Crippen molar-refractivity contribution in [2.75, 3.05) is 6.54 Å². The minimum absolute atomic E-state index is 0.0293. The third-order valence-corrected chi connectivity index (χ3v) is 2.59. The normalized spacial score (nSPS) is 13.4. The van der Waals surface area contributed by atoms with Gasteiger partial charge in [-0.1, -0.05) is 24.3 Å². The summed E-state index contributed by atoms with van der Waals surface area (Å²) >= 11 is 0. The second kappa shape index (κ2) is 6.17. The van der Waals surface area contributed by atoms with Crippen LogP contribution in [-0.4, -0.2) is 23.2 Å². The maximum atomic E-state index is 13.0. The average molecular weight is 285 g/mol. The Morgan fingerprint density at radius 2 is 1.80 bits per heavy atom. The molecular formula is C14H21F2N3O. The lowest BCUT2D eigenvalue weighted by atomic mass is 10.1. The number of nitrogens with zero attached hydrogens (tertiary/aromatic N) is 1. The molecule has 0 atom stereocenters. The van der Waals surface area contributed by atoms with Crippen LogP contribution in [0.1, 0.15) is 31.9 Å². The van der Waals surface area contributed by atoms with Crippen LogP contribution in [-0.2, 0) is 12.5 Å². The lowest BCUT2D eigenvalue weighted by molar-refractivity contribution is 0.0174. The highest BCUT2D eigenvalue weighted by molar-refractivity contribution is 5.77. The maximum Gasteiger partial charge on any atom is 0.270 e. The number of hydrogen-bond acceptors (Lipinski definition) is 2. The predicted molar refractivity (Wildman–Crippen MR) is 75.6 cm³/mol. The average Bonchev–Trinajstić information content (AvgIpc) is 2.32. The molecule has 0 spiro atoms. The Hall–Kier alpha value is -1.69. The van der Waals surface area contributed by atoms with Crippen LogP contribution in [0.3, 0.4) is 0 Å². The van der Waals surface area contributed by atoms with Crippen molar-refractivity contribution >= 4 is 5.96 Å². The Labute approximate surface area is 117 Å². The number of alkyl halides is 2. The van der Waals surface area contributed by atoms with Crippen LogP contribution in [0.2, 0.25) is 0 Å². The second-order valence-electron chi connectivity index (χ2n) is 5.45. The molecule has 4 N–H and O–H groups in total. The lowest BCUT2D eigenvalue weighted by Crippen LogP contribution is -2.41. The molecule has 0 aliphatic rings. The van der Waals surface area contributed by atoms with Gasteiger partial charge in [-0.25, -0.2) is 13.8 Å². The van der Waals surface area contributed by atoms with E-state index >= 15 is 0 Å². The van der Waals surface area contributed by atoms with Crippen LogP contribution >= 0.6 is 0 Å². The number of nitrogens with two attached hydrogens (primary N) is 1. The van der Waals surface area contributed by atoms with Crippen molar-refractivity contribution in [1.29, 1.82) is 0 Å². The van der Waals surface area contributed by atoms with Crippen molar-refractivity contribution in [3.05, 3.63) is 35.4 Å². The Morgan fingerprint density at radius 3 is 2.25 bits per heavy atom. The minimum atomic E-state index is -2.84. The van der Waals surface area contributed by atoms with Crippen LogP contribution in [0.15, 0.2) is 29.3 Å². The summed E-state index contributed by atoms with van der Waals surface area (Å²) < 4.78 is 26.1. The molecule has 0 heterocycles. The number of guanidine groups is 1. The van der Waals surface area contributed by atoms with E-state index in [1.165, 1.54) is 12.1 Å². The van der Waals surface area contributed by atoms with Crippen molar-refractivity contribution in [3.8, 4) is 0 Å². The van der Waals surface area contributed by atoms with Crippen molar-refractivity contribution in [2.24, 2.45) is 10.7 Å². The van der Waals surface area contributed by atoms with E-state index in [0.717, 1.165) is 12.5 Å². The number of rotatable bonds is 5. The van der Waals surface area contributed by atoms with E-state index in [-0.39, 0.29) is 18.1 Å². The molecule has 0 saturated heterocycles. The van der Waals surface area contributed by atoms with E-state index in [0.29, 0.717) is 6.54 Å². The molecule has 0 saturated carbocycles. The van der Waals surface area contributed by atoms with Crippen molar-refractivity contribution in [1.82, 2.24) is 5.32 Å². The van der Waals surface area contributed by atoms with Crippen molar-refractivity contribution in [3.63, 3.8) is 0 Å². The molecule has 1 aromatic rings. The van der Waals surface area contributed by atoms with E-state index in [1.807, 2.05) is 0 Å². The molecular weight excluding hydrogens is 264 g/mol. The molecule has 0 fully saturated rings. The van der Waals surface area contributed by atoms with Gasteiger partial charge in [0.2, 0.25) is 0 Å². The summed E-state index contributed by atoms with van der Waals surface area (Å²) in [5, 5.41) is 12.3. The Kier molecular flexibility index (Phi) is 5.05. The van der Waals surface area contributed by atoms with Gasteiger partial charge in [0, 0.05) is 19.0 Å². The van der Waals surface area contributed by atoms with Crippen LogP contribution in [0.25, 0.3) is 0 Å². The topological polar surface area (TPSA) is 70.6 Å². The van der Waals surface area contributed by atoms with E-state index in [1.54, 1.807) is 26.0 Å². The van der Waals surface area contributed by atoms with Gasteiger partial charge in [0.15, 0.2) is 5.96 Å². The summed E-state index contributed by atoms with van der Waals surface area (Å²) in [5.74, 6) is -2.63. The maximum absolute atomic E-state index is 13.0. The smallest absolute Gasteiger partial charge is 0.270 e. The number of nitrogens with one attached hydrogen (secondary N) is 1. The van der Waals surface area contributed by atoms with Gasteiger partial charge in [-0.05, 0) is 19.4 Å². The van der Waals surface area contributed by atoms with Gasteiger partial charge in [0.1, 0.15) is 0 Å². The fourth-order valence-corrected chi connectivity index (χ4v) is 1.44. The predicted octanol–water partition coefficient (Wildman–Crippen LogP) is 1.97. The Morgan fingerprint density at radius 1 is 1.25 bits per heavy atom. The zero-order chi connectivity index (χ0) is 15.4. The lowest BCUT2D eigenvalue weighted by Gasteiger charge is -2.17. The molecule has 0 aliphatic heterocycles. The molecule has 0 bridgehead atoms. The molecule has 0 aliphatic carbocycles. The quantitative estimate of drug-likeness (QED) is 0.572. The SMILES string of the molecule is CC(C)(O)CNC(N)=NCc1ccc(C(C)(F)F)cc1. The molecule has 0 radical (unpaired) electrons. The molecule has 1 aromatic carbocycles. The number of aliphatic hydroxyl groups is 1. The fourth-order valence-electron chi connectivity index (χ4n) is 1.44. The second-order valence-corrected chi connectivity index (χ2v) is 5.45. The summed E-state index contributed by atoms with van der Waals surface area (Å²) in [6.07, 6.45) is 0. The first-order valence-electron chi connectivity index (χ1n) is 6.31. The summed E-state index contributed by atoms with van der Waals surface area (Å²) in [6, 6.07) is 5.95. The standard InChI is InChI=1S/C14H21F2N3O/c1-13(2,20)9-19-12(17)18-8-10-4-6-11(7-5-10)14(3,15)16/h4-7,20H,8-9H2,1-3H3,(H3,17,18,19). The van der Waals surface area contributed by atoms with E-state index in [9.17, 15) is 13.9 Å². The molecule has 1 rings (SSSR count). The number of aliphatic imine (C=N–C) groups is 1. The van der Waals surface area contributed by atoms with E-state index in [2.05, 4.69) is 10.3 Å². The summed E-state index contributed by atoms with van der Waals surface area (Å²) in [6.45, 7) is 4.73. The van der Waals surface area contributed by atoms with Crippen LogP contribution in [0, 0.1) is 0 Å². The minimum Gasteiger partial charge on any atom is -0.389 e. The summed E-state index contributed by atoms with van der Waals surface area (Å²) in [7, 11) is 0. The molecule has 112 valence electrons. The first kappa shape index (κ1) is 16.4. The van der Waals surface area contributed by atoms with Crippen LogP contribution < -0.4 is 11.1 Å². The van der Waals surface area contributed by atoms with Crippen LogP contribution in [0.4, 0.5) is 8.78 Å². The van der Waals surface area contributed by atoms with Gasteiger partial charge in [-0.15, -0.1) is 0 Å². The molecule has 6 heteroatoms. The molecule has 0 unspecified atom stereocenters. The third-order valence-electron chi connectivity index (χ3n) is 2.59. The molecule has 0 amide bonds. The third kappa shape index (κ3) is 5.97. The van der Waals surface area contributed by atoms with E-state index in [4.69, 9.17) is 5.73 Å². The summed E-state index contributed by atoms with van der Waals surface area (Å²) in [5.41, 5.74) is 5.51. The van der Waals surface area contributed by atoms with Crippen molar-refractivity contribution in [2.45, 2.75) is 38.8 Å². The molecule has 0 aromatic heterocycles. The monoisotopic (exact) mass is 285 g/mol. The largest absolute Gasteiger partial charge is 0.389 e. The fraction of sp³-hybridized carbons (Fsp3) is 0.500. The Balaban J connectivity index is 2.57. The number of hydrogen-bond donors (Lipinski definition) is 3. The number of halogens is 2. The highest BCUT2D eigenvalue weighted by atomic mass is 19.3. The van der Waals surface area contributed by atoms with Gasteiger partial charge in [0.25, 0.3) is 5.92 Å². The van der Waals surface area contributed by atoms with Gasteiger partial charge in [0.05, 0.1) is 12.1 Å². The van der Waals surface area contributed by atoms with E-state index < -0.39 is 11.5 Å². The highest BCUT2D eigenvalue weighted by Crippen LogP contribution is 2.26. The highest BCUT2D eigenvalue weighted by Gasteiger charge is 2.23. The molecule has 20 heavy (non-hydrogen) atoms. The first-order chi connectivity index (χ1) is 9.08. The zero-order valence-electron chi connectivity index (χ0n) is 12.0. The first-order valence-corrected chi connectivity index (χ1v) is 6.31. The number of benzene rings is 1. The van der Waals surface area contributed by atoms with Gasteiger partial charge >= 0.3 is 0 Å².